The van der Waals surface area contributed by atoms with Gasteiger partial charge in [-0.25, -0.2) is 0 Å². The summed E-state index contributed by atoms with van der Waals surface area (Å²) < 4.78 is 0. The van der Waals surface area contributed by atoms with Crippen molar-refractivity contribution in [2.45, 2.75) is 6.92 Å². The summed E-state index contributed by atoms with van der Waals surface area (Å²) in [7, 11) is 0. The van der Waals surface area contributed by atoms with Crippen LogP contribution in [0.4, 0.5) is 5.69 Å². The molecule has 23 heavy (non-hydrogen) atoms. The van der Waals surface area contributed by atoms with Gasteiger partial charge in [-0.05, 0) is 53.6 Å². The number of carbonyl (C=O) groups is 1. The van der Waals surface area contributed by atoms with Crippen molar-refractivity contribution < 1.29 is 4.79 Å². The standard InChI is InChI=1S/C19H17N3O/c1-12-3-2-4-17(9-12)22-19(23)16-8-6-13-10-15(18(20)21)7-5-14(13)11-16/h2-11H,1H3,(H3,20,21)(H,22,23). The van der Waals surface area contributed by atoms with E-state index in [0.717, 1.165) is 22.0 Å². The molecular formula is C19H17N3O. The van der Waals surface area contributed by atoms with E-state index in [1.165, 1.54) is 0 Å². The van der Waals surface area contributed by atoms with Gasteiger partial charge in [0.15, 0.2) is 0 Å². The lowest BCUT2D eigenvalue weighted by Crippen LogP contribution is -2.12. The molecule has 0 radical (unpaired) electrons. The second kappa shape index (κ2) is 5.93. The minimum atomic E-state index is -0.145. The van der Waals surface area contributed by atoms with Crippen molar-refractivity contribution in [1.82, 2.24) is 0 Å². The SMILES string of the molecule is Cc1cccc(NC(=O)c2ccc3cc(C(=N)N)ccc3c2)c1. The summed E-state index contributed by atoms with van der Waals surface area (Å²) in [6.07, 6.45) is 0. The zero-order chi connectivity index (χ0) is 16.4. The number of aryl methyl sites for hydroxylation is 1. The Morgan fingerprint density at radius 1 is 0.957 bits per heavy atom. The number of nitrogens with one attached hydrogen (secondary N) is 2. The number of fused-ring (bicyclic) bond motifs is 1. The van der Waals surface area contributed by atoms with Gasteiger partial charge in [0.2, 0.25) is 0 Å². The first-order valence-corrected chi connectivity index (χ1v) is 7.29. The number of carbonyl (C=O) groups excluding carboxylic acids is 1. The van der Waals surface area contributed by atoms with Crippen LogP contribution in [-0.4, -0.2) is 11.7 Å². The lowest BCUT2D eigenvalue weighted by molar-refractivity contribution is 0.102. The van der Waals surface area contributed by atoms with E-state index in [-0.39, 0.29) is 11.7 Å². The summed E-state index contributed by atoms with van der Waals surface area (Å²) in [6.45, 7) is 1.98. The summed E-state index contributed by atoms with van der Waals surface area (Å²) in [4.78, 5) is 12.4. The average molecular weight is 303 g/mol. The molecule has 0 fully saturated rings. The molecule has 0 saturated carbocycles. The van der Waals surface area contributed by atoms with Gasteiger partial charge in [0.25, 0.3) is 5.91 Å². The highest BCUT2D eigenvalue weighted by atomic mass is 16.1. The van der Waals surface area contributed by atoms with Crippen molar-refractivity contribution in [3.8, 4) is 0 Å². The van der Waals surface area contributed by atoms with Gasteiger partial charge >= 0.3 is 0 Å². The second-order valence-electron chi connectivity index (χ2n) is 5.51. The second-order valence-corrected chi connectivity index (χ2v) is 5.51. The Bertz CT molecular complexity index is 915. The van der Waals surface area contributed by atoms with Crippen LogP contribution in [0.3, 0.4) is 0 Å². The summed E-state index contributed by atoms with van der Waals surface area (Å²) >= 11 is 0. The first kappa shape index (κ1) is 14.8. The Hall–Kier alpha value is -3.14. The highest BCUT2D eigenvalue weighted by Gasteiger charge is 2.08. The van der Waals surface area contributed by atoms with Gasteiger partial charge in [-0.15, -0.1) is 0 Å². The maximum Gasteiger partial charge on any atom is 0.255 e. The smallest absolute Gasteiger partial charge is 0.255 e. The van der Waals surface area contributed by atoms with E-state index in [4.69, 9.17) is 11.1 Å². The van der Waals surface area contributed by atoms with Gasteiger partial charge < -0.3 is 11.1 Å². The predicted octanol–water partition coefficient (Wildman–Crippen LogP) is 3.68. The molecule has 1 amide bonds. The molecule has 0 spiro atoms. The summed E-state index contributed by atoms with van der Waals surface area (Å²) in [5, 5.41) is 12.3. The maximum atomic E-state index is 12.4. The molecule has 0 aliphatic carbocycles. The van der Waals surface area contributed by atoms with E-state index in [1.807, 2.05) is 55.5 Å². The third-order valence-corrected chi connectivity index (χ3v) is 3.69. The van der Waals surface area contributed by atoms with E-state index in [2.05, 4.69) is 5.32 Å². The fourth-order valence-corrected chi connectivity index (χ4v) is 2.48. The molecular weight excluding hydrogens is 286 g/mol. The van der Waals surface area contributed by atoms with E-state index in [1.54, 1.807) is 12.1 Å². The molecule has 114 valence electrons. The molecule has 0 atom stereocenters. The number of amidine groups is 1. The van der Waals surface area contributed by atoms with Gasteiger partial charge in [0, 0.05) is 16.8 Å². The van der Waals surface area contributed by atoms with Crippen molar-refractivity contribution in [2.24, 2.45) is 5.73 Å². The number of benzene rings is 3. The lowest BCUT2D eigenvalue weighted by Gasteiger charge is -2.08. The molecule has 0 aromatic heterocycles. The molecule has 4 nitrogen and oxygen atoms in total. The minimum absolute atomic E-state index is 0.0353. The quantitative estimate of drug-likeness (QED) is 0.509. The third kappa shape index (κ3) is 3.21. The van der Waals surface area contributed by atoms with E-state index in [9.17, 15) is 4.79 Å². The summed E-state index contributed by atoms with van der Waals surface area (Å²) in [5.41, 5.74) is 8.64. The zero-order valence-electron chi connectivity index (χ0n) is 12.8. The Labute approximate surface area is 134 Å². The number of anilines is 1. The van der Waals surface area contributed by atoms with Gasteiger partial charge in [-0.2, -0.15) is 0 Å². The molecule has 0 aliphatic rings. The fraction of sp³-hybridized carbons (Fsp3) is 0.0526. The Kier molecular flexibility index (Phi) is 3.81. The Morgan fingerprint density at radius 2 is 1.61 bits per heavy atom. The van der Waals surface area contributed by atoms with Crippen LogP contribution in [-0.2, 0) is 0 Å². The summed E-state index contributed by atoms with van der Waals surface area (Å²) in [5.74, 6) is -0.110. The number of amides is 1. The van der Waals surface area contributed by atoms with Crippen LogP contribution in [0.15, 0.2) is 60.7 Å². The topological polar surface area (TPSA) is 79.0 Å². The third-order valence-electron chi connectivity index (χ3n) is 3.69. The number of hydrogen-bond donors (Lipinski definition) is 3. The maximum absolute atomic E-state index is 12.4. The molecule has 0 unspecified atom stereocenters. The van der Waals surface area contributed by atoms with Crippen molar-refractivity contribution >= 4 is 28.2 Å². The van der Waals surface area contributed by atoms with Gasteiger partial charge in [-0.3, -0.25) is 10.2 Å². The monoisotopic (exact) mass is 303 g/mol. The molecule has 3 aromatic rings. The van der Waals surface area contributed by atoms with E-state index >= 15 is 0 Å². The number of nitrogens with two attached hydrogens (primary N) is 1. The molecule has 0 heterocycles. The van der Waals surface area contributed by atoms with Crippen molar-refractivity contribution in [3.63, 3.8) is 0 Å². The van der Waals surface area contributed by atoms with Crippen molar-refractivity contribution in [2.75, 3.05) is 5.32 Å². The van der Waals surface area contributed by atoms with Gasteiger partial charge in [-0.1, -0.05) is 30.3 Å². The lowest BCUT2D eigenvalue weighted by atomic mass is 10.0. The molecule has 0 saturated heterocycles. The number of rotatable bonds is 3. The van der Waals surface area contributed by atoms with Crippen molar-refractivity contribution in [1.29, 1.82) is 5.41 Å². The Balaban J connectivity index is 1.89. The van der Waals surface area contributed by atoms with Crippen LogP contribution in [0.5, 0.6) is 0 Å². The van der Waals surface area contributed by atoms with E-state index < -0.39 is 0 Å². The largest absolute Gasteiger partial charge is 0.384 e. The molecule has 0 aliphatic heterocycles. The molecule has 4 N–H and O–H groups in total. The van der Waals surface area contributed by atoms with Crippen molar-refractivity contribution in [3.05, 3.63) is 77.4 Å². The summed E-state index contributed by atoms with van der Waals surface area (Å²) in [6, 6.07) is 18.7. The fourth-order valence-electron chi connectivity index (χ4n) is 2.48. The van der Waals surface area contributed by atoms with Gasteiger partial charge in [0.05, 0.1) is 0 Å². The molecule has 0 bridgehead atoms. The highest BCUT2D eigenvalue weighted by Crippen LogP contribution is 2.19. The van der Waals surface area contributed by atoms with Crippen LogP contribution >= 0.6 is 0 Å². The van der Waals surface area contributed by atoms with Gasteiger partial charge in [0.1, 0.15) is 5.84 Å². The van der Waals surface area contributed by atoms with Crippen LogP contribution in [0.1, 0.15) is 21.5 Å². The zero-order valence-corrected chi connectivity index (χ0v) is 12.8. The number of nitrogen functional groups attached to an aromatic ring is 1. The number of hydrogen-bond acceptors (Lipinski definition) is 2. The van der Waals surface area contributed by atoms with E-state index in [0.29, 0.717) is 11.1 Å². The minimum Gasteiger partial charge on any atom is -0.384 e. The normalized spacial score (nSPS) is 10.5. The average Bonchev–Trinajstić information content (AvgIpc) is 2.53. The highest BCUT2D eigenvalue weighted by molar-refractivity contribution is 6.07. The van der Waals surface area contributed by atoms with Crippen LogP contribution < -0.4 is 11.1 Å². The molecule has 4 heteroatoms. The molecule has 3 rings (SSSR count). The van der Waals surface area contributed by atoms with Crippen LogP contribution in [0.25, 0.3) is 10.8 Å². The van der Waals surface area contributed by atoms with Crippen LogP contribution in [0, 0.1) is 12.3 Å². The predicted molar refractivity (Wildman–Crippen MR) is 94.1 cm³/mol. The van der Waals surface area contributed by atoms with Crippen LogP contribution in [0.2, 0.25) is 0 Å². The first-order valence-electron chi connectivity index (χ1n) is 7.29. The molecule has 3 aromatic carbocycles. The Morgan fingerprint density at radius 3 is 2.26 bits per heavy atom. The first-order chi connectivity index (χ1) is 11.0.